The molecule has 0 aromatic heterocycles. The van der Waals surface area contributed by atoms with E-state index in [1.54, 1.807) is 0 Å². The Morgan fingerprint density at radius 1 is 1.21 bits per heavy atom. The molecule has 28 heavy (non-hydrogen) atoms. The molecule has 8 heteroatoms. The van der Waals surface area contributed by atoms with Crippen LogP contribution in [0.2, 0.25) is 0 Å². The van der Waals surface area contributed by atoms with Gasteiger partial charge in [-0.15, -0.1) is 0 Å². The van der Waals surface area contributed by atoms with E-state index in [1.807, 2.05) is 20.8 Å². The lowest BCUT2D eigenvalue weighted by Crippen LogP contribution is -2.49. The Bertz CT molecular complexity index is 525. The molecule has 2 atom stereocenters. The number of likely N-dealkylation sites (tertiary alicyclic amines) is 1. The highest BCUT2D eigenvalue weighted by atomic mass is 16.6. The molecule has 2 N–H and O–H groups in total. The maximum atomic E-state index is 12.0. The van der Waals surface area contributed by atoms with E-state index in [4.69, 9.17) is 9.73 Å². The van der Waals surface area contributed by atoms with Crippen molar-refractivity contribution in [2.45, 2.75) is 58.7 Å². The van der Waals surface area contributed by atoms with Gasteiger partial charge in [-0.3, -0.25) is 9.89 Å². The van der Waals surface area contributed by atoms with Gasteiger partial charge in [-0.1, -0.05) is 0 Å². The molecule has 1 amide bonds. The molecule has 0 aromatic rings. The van der Waals surface area contributed by atoms with Gasteiger partial charge in [-0.25, -0.2) is 4.79 Å². The van der Waals surface area contributed by atoms with Gasteiger partial charge >= 0.3 is 6.09 Å². The third-order valence-electron chi connectivity index (χ3n) is 5.21. The second-order valence-electron chi connectivity index (χ2n) is 8.96. The molecule has 0 aromatic carbocycles. The van der Waals surface area contributed by atoms with Gasteiger partial charge in [0, 0.05) is 51.9 Å². The quantitative estimate of drug-likeness (QED) is 0.537. The van der Waals surface area contributed by atoms with Crippen molar-refractivity contribution in [1.82, 2.24) is 25.3 Å². The molecular formula is C20H40N6O2. The van der Waals surface area contributed by atoms with Crippen molar-refractivity contribution in [3.8, 4) is 0 Å². The van der Waals surface area contributed by atoms with E-state index in [-0.39, 0.29) is 12.1 Å². The number of guanidine groups is 1. The zero-order chi connectivity index (χ0) is 20.7. The van der Waals surface area contributed by atoms with Crippen molar-refractivity contribution in [1.29, 1.82) is 0 Å². The smallest absolute Gasteiger partial charge is 0.407 e. The molecule has 0 aliphatic carbocycles. The fraction of sp³-hybridized carbons (Fsp3) is 0.900. The highest BCUT2D eigenvalue weighted by Gasteiger charge is 2.28. The van der Waals surface area contributed by atoms with Crippen molar-refractivity contribution in [3.05, 3.63) is 0 Å². The van der Waals surface area contributed by atoms with Crippen molar-refractivity contribution in [2.24, 2.45) is 4.99 Å². The second kappa shape index (κ2) is 10.3. The number of hydrogen-bond donors (Lipinski definition) is 2. The van der Waals surface area contributed by atoms with E-state index < -0.39 is 5.60 Å². The fourth-order valence-corrected chi connectivity index (χ4v) is 3.57. The number of nitrogens with one attached hydrogen (secondary N) is 2. The monoisotopic (exact) mass is 396 g/mol. The van der Waals surface area contributed by atoms with E-state index >= 15 is 0 Å². The molecule has 0 saturated carbocycles. The molecule has 2 fully saturated rings. The Hall–Kier alpha value is -1.54. The number of ether oxygens (including phenoxy) is 1. The molecule has 2 aliphatic heterocycles. The van der Waals surface area contributed by atoms with E-state index in [9.17, 15) is 4.79 Å². The third-order valence-corrected chi connectivity index (χ3v) is 5.21. The first-order valence-corrected chi connectivity index (χ1v) is 10.6. The van der Waals surface area contributed by atoms with Crippen LogP contribution < -0.4 is 10.6 Å². The van der Waals surface area contributed by atoms with Gasteiger partial charge in [0.05, 0.1) is 12.6 Å². The second-order valence-corrected chi connectivity index (χ2v) is 8.96. The average Bonchev–Trinajstić information content (AvgIpc) is 3.05. The normalized spacial score (nSPS) is 23.6. The zero-order valence-corrected chi connectivity index (χ0v) is 18.6. The SMILES string of the molecule is CCNC(=NCC(C)N1CCN(C)CC1)N1CCC(NC(=O)OC(C)(C)C)C1. The van der Waals surface area contributed by atoms with E-state index in [1.165, 1.54) is 0 Å². The number of nitrogens with zero attached hydrogens (tertiary/aromatic N) is 4. The molecular weight excluding hydrogens is 356 g/mol. The first kappa shape index (κ1) is 22.7. The molecule has 162 valence electrons. The number of carbonyl (C=O) groups excluding carboxylic acids is 1. The minimum atomic E-state index is -0.474. The van der Waals surface area contributed by atoms with Crippen LogP contribution in [0.1, 0.15) is 41.0 Å². The summed E-state index contributed by atoms with van der Waals surface area (Å²) in [6, 6.07) is 0.523. The van der Waals surface area contributed by atoms with Crippen LogP contribution in [0.5, 0.6) is 0 Å². The van der Waals surface area contributed by atoms with Crippen molar-refractivity contribution < 1.29 is 9.53 Å². The highest BCUT2D eigenvalue weighted by molar-refractivity contribution is 5.80. The van der Waals surface area contributed by atoms with Crippen LogP contribution in [0.25, 0.3) is 0 Å². The molecule has 2 rings (SSSR count). The Balaban J connectivity index is 1.85. The van der Waals surface area contributed by atoms with Crippen molar-refractivity contribution in [3.63, 3.8) is 0 Å². The lowest BCUT2D eigenvalue weighted by Gasteiger charge is -2.36. The van der Waals surface area contributed by atoms with Crippen LogP contribution in [0.4, 0.5) is 4.79 Å². The number of alkyl carbamates (subject to hydrolysis) is 1. The van der Waals surface area contributed by atoms with Crippen LogP contribution in [0.3, 0.4) is 0 Å². The van der Waals surface area contributed by atoms with Gasteiger partial charge in [-0.2, -0.15) is 0 Å². The Labute approximate surface area is 170 Å². The summed E-state index contributed by atoms with van der Waals surface area (Å²) in [5.74, 6) is 0.942. The Morgan fingerprint density at radius 2 is 1.89 bits per heavy atom. The Kier molecular flexibility index (Phi) is 8.37. The lowest BCUT2D eigenvalue weighted by atomic mass is 10.2. The number of rotatable bonds is 5. The van der Waals surface area contributed by atoms with Crippen molar-refractivity contribution in [2.75, 3.05) is 59.4 Å². The van der Waals surface area contributed by atoms with Gasteiger partial charge in [0.1, 0.15) is 5.60 Å². The number of hydrogen-bond acceptors (Lipinski definition) is 5. The summed E-state index contributed by atoms with van der Waals surface area (Å²) in [4.78, 5) is 24.0. The maximum absolute atomic E-state index is 12.0. The molecule has 0 radical (unpaired) electrons. The van der Waals surface area contributed by atoms with Gasteiger partial charge in [0.2, 0.25) is 0 Å². The van der Waals surface area contributed by atoms with E-state index in [2.05, 4.69) is 46.2 Å². The third kappa shape index (κ3) is 7.47. The number of likely N-dealkylation sites (N-methyl/N-ethyl adjacent to an activating group) is 1. The topological polar surface area (TPSA) is 72.4 Å². The summed E-state index contributed by atoms with van der Waals surface area (Å²) in [6.07, 6.45) is 0.558. The predicted octanol–water partition coefficient (Wildman–Crippen LogP) is 1.19. The van der Waals surface area contributed by atoms with Crippen LogP contribution >= 0.6 is 0 Å². The van der Waals surface area contributed by atoms with E-state index in [0.29, 0.717) is 6.04 Å². The fourth-order valence-electron chi connectivity index (χ4n) is 3.57. The zero-order valence-electron chi connectivity index (χ0n) is 18.6. The average molecular weight is 397 g/mol. The van der Waals surface area contributed by atoms with Crippen LogP contribution in [-0.4, -0.2) is 104 Å². The van der Waals surface area contributed by atoms with Crippen LogP contribution in [0.15, 0.2) is 4.99 Å². The van der Waals surface area contributed by atoms with Gasteiger partial charge in [0.15, 0.2) is 5.96 Å². The van der Waals surface area contributed by atoms with Crippen molar-refractivity contribution >= 4 is 12.1 Å². The summed E-state index contributed by atoms with van der Waals surface area (Å²) in [5.41, 5.74) is -0.474. The Morgan fingerprint density at radius 3 is 2.50 bits per heavy atom. The summed E-state index contributed by atoms with van der Waals surface area (Å²) >= 11 is 0. The summed E-state index contributed by atoms with van der Waals surface area (Å²) < 4.78 is 5.37. The summed E-state index contributed by atoms with van der Waals surface area (Å²) in [5, 5.41) is 6.39. The van der Waals surface area contributed by atoms with Crippen LogP contribution in [0, 0.1) is 0 Å². The number of piperazine rings is 1. The minimum absolute atomic E-state index is 0.0914. The highest BCUT2D eigenvalue weighted by Crippen LogP contribution is 2.12. The largest absolute Gasteiger partial charge is 0.444 e. The standard InChI is InChI=1S/C20H40N6O2/c1-7-21-18(22-14-16(2)25-12-10-24(6)11-13-25)26-9-8-17(15-26)23-19(27)28-20(3,4)5/h16-17H,7-15H2,1-6H3,(H,21,22)(H,23,27). The first-order chi connectivity index (χ1) is 13.2. The molecule has 8 nitrogen and oxygen atoms in total. The van der Waals surface area contributed by atoms with Gasteiger partial charge in [-0.05, 0) is 48.1 Å². The van der Waals surface area contributed by atoms with Gasteiger partial charge in [0.25, 0.3) is 0 Å². The number of amides is 1. The molecule has 0 spiro atoms. The molecule has 2 aliphatic rings. The molecule has 0 bridgehead atoms. The first-order valence-electron chi connectivity index (χ1n) is 10.6. The molecule has 2 unspecified atom stereocenters. The van der Waals surface area contributed by atoms with Gasteiger partial charge < -0.3 is 25.2 Å². The molecule has 2 heterocycles. The summed E-state index contributed by atoms with van der Waals surface area (Å²) in [6.45, 7) is 17.7. The minimum Gasteiger partial charge on any atom is -0.444 e. The summed E-state index contributed by atoms with van der Waals surface area (Å²) in [7, 11) is 2.18. The molecule has 2 saturated heterocycles. The number of carbonyl (C=O) groups is 1. The number of aliphatic imine (C=N–C) groups is 1. The lowest BCUT2D eigenvalue weighted by molar-refractivity contribution is 0.0507. The predicted molar refractivity (Wildman–Crippen MR) is 114 cm³/mol. The maximum Gasteiger partial charge on any atom is 0.407 e. The van der Waals surface area contributed by atoms with E-state index in [0.717, 1.165) is 64.7 Å². The van der Waals surface area contributed by atoms with Crippen LogP contribution in [-0.2, 0) is 4.74 Å².